The van der Waals surface area contributed by atoms with Crippen molar-refractivity contribution in [1.82, 2.24) is 4.90 Å². The van der Waals surface area contributed by atoms with Crippen LogP contribution in [0.5, 0.6) is 0 Å². The number of amides is 2. The predicted molar refractivity (Wildman–Crippen MR) is 93.1 cm³/mol. The molecule has 1 heterocycles. The summed E-state index contributed by atoms with van der Waals surface area (Å²) in [6, 6.07) is 8.87. The molecule has 144 valence electrons. The molecule has 0 radical (unpaired) electrons. The van der Waals surface area contributed by atoms with Gasteiger partial charge in [0.05, 0.1) is 20.0 Å². The number of ether oxygens (including phenoxy) is 1. The highest BCUT2D eigenvalue weighted by atomic mass is 35.5. The number of benzene rings is 1. The summed E-state index contributed by atoms with van der Waals surface area (Å²) in [5.41, 5.74) is 0.360. The van der Waals surface area contributed by atoms with Crippen LogP contribution in [0.1, 0.15) is 46.2 Å². The number of hydrogen-bond donors (Lipinski definition) is 1. The molecule has 1 aliphatic rings. The lowest BCUT2D eigenvalue weighted by Gasteiger charge is -2.28. The van der Waals surface area contributed by atoms with Crippen LogP contribution < -0.4 is 17.3 Å². The summed E-state index contributed by atoms with van der Waals surface area (Å²) in [5, 5.41) is 0. The molecule has 2 rings (SSSR count). The topological polar surface area (TPSA) is 68.1 Å². The number of nitrogens with zero attached hydrogens (tertiary/aromatic N) is 1. The molecule has 1 aromatic carbocycles. The Hall–Kier alpha value is -1.92. The monoisotopic (exact) mass is 382 g/mol. The van der Waals surface area contributed by atoms with Crippen molar-refractivity contribution >= 4 is 17.8 Å². The molecule has 0 aromatic heterocycles. The molecule has 0 aliphatic carbocycles. The van der Waals surface area contributed by atoms with Crippen LogP contribution in [-0.2, 0) is 14.3 Å². The molecule has 2 unspecified atom stereocenters. The summed E-state index contributed by atoms with van der Waals surface area (Å²) in [6.07, 6.45) is -0.515. The predicted octanol–water partition coefficient (Wildman–Crippen LogP) is -1.63. The van der Waals surface area contributed by atoms with Gasteiger partial charge in [-0.1, -0.05) is 30.3 Å². The van der Waals surface area contributed by atoms with Crippen LogP contribution in [0.2, 0.25) is 0 Å². The van der Waals surface area contributed by atoms with Gasteiger partial charge in [-0.05, 0) is 27.7 Å². The lowest BCUT2D eigenvalue weighted by molar-refractivity contribution is -0.866. The second-order valence-electron chi connectivity index (χ2n) is 7.52. The maximum Gasteiger partial charge on any atom is 0.410 e. The van der Waals surface area contributed by atoms with Gasteiger partial charge in [0.2, 0.25) is 5.78 Å². The number of likely N-dealkylation sites (tertiary alicyclic amines) is 1. The second-order valence-corrected chi connectivity index (χ2v) is 7.52. The van der Waals surface area contributed by atoms with Crippen molar-refractivity contribution in [3.63, 3.8) is 0 Å². The van der Waals surface area contributed by atoms with Gasteiger partial charge in [0.15, 0.2) is 6.04 Å². The molecular weight excluding hydrogens is 356 g/mol. The summed E-state index contributed by atoms with van der Waals surface area (Å²) >= 11 is 0. The third-order valence-electron chi connectivity index (χ3n) is 4.34. The minimum Gasteiger partial charge on any atom is -1.00 e. The van der Waals surface area contributed by atoms with Crippen LogP contribution in [-0.4, -0.2) is 47.4 Å². The van der Waals surface area contributed by atoms with E-state index < -0.39 is 17.7 Å². The maximum absolute atomic E-state index is 12.5. The molecular formula is C19H27ClN2O4. The number of Topliss-reactive ketones (excluding diaryl/α,β-unsaturated/α-hetero) is 1. The summed E-state index contributed by atoms with van der Waals surface area (Å²) in [4.78, 5) is 39.0. The second kappa shape index (κ2) is 8.64. The molecule has 3 atom stereocenters. The Balaban J connectivity index is 0.00000338. The van der Waals surface area contributed by atoms with Crippen molar-refractivity contribution in [3.05, 3.63) is 35.9 Å². The van der Waals surface area contributed by atoms with E-state index in [1.54, 1.807) is 20.8 Å². The summed E-state index contributed by atoms with van der Waals surface area (Å²) in [5.74, 6) is -0.223. The van der Waals surface area contributed by atoms with Gasteiger partial charge >= 0.3 is 12.0 Å². The van der Waals surface area contributed by atoms with E-state index in [9.17, 15) is 14.4 Å². The number of carbonyl (C=O) groups is 3. The Morgan fingerprint density at radius 2 is 1.81 bits per heavy atom. The lowest BCUT2D eigenvalue weighted by Crippen LogP contribution is -3.19. The first-order valence-corrected chi connectivity index (χ1v) is 8.53. The van der Waals surface area contributed by atoms with E-state index in [1.807, 2.05) is 37.3 Å². The molecule has 1 aromatic rings. The highest BCUT2D eigenvalue weighted by molar-refractivity contribution is 5.91. The van der Waals surface area contributed by atoms with E-state index in [1.165, 1.54) is 11.8 Å². The largest absolute Gasteiger partial charge is 1.00 e. The first kappa shape index (κ1) is 22.1. The number of rotatable bonds is 3. The third-order valence-corrected chi connectivity index (χ3v) is 4.34. The molecule has 6 nitrogen and oxygen atoms in total. The van der Waals surface area contributed by atoms with Gasteiger partial charge in [-0.3, -0.25) is 14.6 Å². The molecule has 1 fully saturated rings. The van der Waals surface area contributed by atoms with Gasteiger partial charge in [-0.15, -0.1) is 0 Å². The molecule has 1 N–H and O–H groups in total. The van der Waals surface area contributed by atoms with Crippen molar-refractivity contribution in [2.45, 2.75) is 52.3 Å². The van der Waals surface area contributed by atoms with E-state index in [0.717, 1.165) is 5.56 Å². The zero-order valence-electron chi connectivity index (χ0n) is 15.9. The van der Waals surface area contributed by atoms with E-state index in [2.05, 4.69) is 0 Å². The molecule has 2 amide bonds. The van der Waals surface area contributed by atoms with Crippen molar-refractivity contribution < 1.29 is 36.4 Å². The van der Waals surface area contributed by atoms with Crippen molar-refractivity contribution in [2.75, 3.05) is 13.1 Å². The Labute approximate surface area is 160 Å². The summed E-state index contributed by atoms with van der Waals surface area (Å²) in [7, 11) is 0. The Bertz CT molecular complexity index is 657. The average molecular weight is 383 g/mol. The number of halogens is 1. The van der Waals surface area contributed by atoms with Gasteiger partial charge in [-0.25, -0.2) is 9.59 Å². The van der Waals surface area contributed by atoms with Gasteiger partial charge in [0, 0.05) is 5.56 Å². The van der Waals surface area contributed by atoms with Gasteiger partial charge < -0.3 is 17.1 Å². The van der Waals surface area contributed by atoms with Crippen molar-refractivity contribution in [2.24, 2.45) is 0 Å². The normalized spacial score (nSPS) is 19.5. The maximum atomic E-state index is 12.5. The fourth-order valence-corrected chi connectivity index (χ4v) is 3.20. The highest BCUT2D eigenvalue weighted by Crippen LogP contribution is 2.15. The Morgan fingerprint density at radius 3 is 2.31 bits per heavy atom. The molecule has 0 bridgehead atoms. The van der Waals surface area contributed by atoms with E-state index >= 15 is 0 Å². The van der Waals surface area contributed by atoms with Crippen LogP contribution >= 0.6 is 0 Å². The van der Waals surface area contributed by atoms with Crippen LogP contribution in [0.15, 0.2) is 30.3 Å². The van der Waals surface area contributed by atoms with Crippen LogP contribution in [0, 0.1) is 0 Å². The molecule has 1 aliphatic heterocycles. The number of ketones is 1. The molecule has 26 heavy (non-hydrogen) atoms. The quantitative estimate of drug-likeness (QED) is 0.681. The van der Waals surface area contributed by atoms with Gasteiger partial charge in [0.1, 0.15) is 11.6 Å². The lowest BCUT2D eigenvalue weighted by atomic mass is 10.0. The fourth-order valence-electron chi connectivity index (χ4n) is 3.20. The summed E-state index contributed by atoms with van der Waals surface area (Å²) < 4.78 is 5.34. The highest BCUT2D eigenvalue weighted by Gasteiger charge is 2.45. The third kappa shape index (κ3) is 5.29. The number of nitrogens with one attached hydrogen (secondary N) is 1. The SMILES string of the molecule is CC(=O)[NH+](C1CN(C(=O)OC(C)(C)C)CC1=O)[C@H](C)c1ccccc1.[Cl-]. The van der Waals surface area contributed by atoms with E-state index in [4.69, 9.17) is 4.74 Å². The van der Waals surface area contributed by atoms with Crippen LogP contribution in [0.4, 0.5) is 4.79 Å². The van der Waals surface area contributed by atoms with Crippen LogP contribution in [0.3, 0.4) is 0 Å². The minimum absolute atomic E-state index is 0. The Morgan fingerprint density at radius 1 is 1.23 bits per heavy atom. The number of quaternary nitrogens is 1. The molecule has 0 spiro atoms. The molecule has 7 heteroatoms. The standard InChI is InChI=1S/C19H26N2O4.ClH/c1-13(15-9-7-6-8-10-15)21(14(2)22)16-11-20(12-17(16)23)18(24)25-19(3,4)5;/h6-10,13,16H,11-12H2,1-5H3;1H/t13-,16?;/m1./s1. The molecule has 1 saturated heterocycles. The first-order chi connectivity index (χ1) is 11.6. The fraction of sp³-hybridized carbons (Fsp3) is 0.526. The molecule has 0 saturated carbocycles. The van der Waals surface area contributed by atoms with Crippen molar-refractivity contribution in [1.29, 1.82) is 0 Å². The first-order valence-electron chi connectivity index (χ1n) is 8.53. The minimum atomic E-state index is -0.622. The van der Waals surface area contributed by atoms with Crippen molar-refractivity contribution in [3.8, 4) is 0 Å². The number of carbonyl (C=O) groups excluding carboxylic acids is 3. The van der Waals surface area contributed by atoms with E-state index in [-0.39, 0.29) is 43.2 Å². The average Bonchev–Trinajstić information content (AvgIpc) is 2.88. The smallest absolute Gasteiger partial charge is 0.410 e. The van der Waals surface area contributed by atoms with Gasteiger partial charge in [0.25, 0.3) is 0 Å². The number of hydrogen-bond acceptors (Lipinski definition) is 4. The zero-order chi connectivity index (χ0) is 18.8. The zero-order valence-corrected chi connectivity index (χ0v) is 16.7. The van der Waals surface area contributed by atoms with Gasteiger partial charge in [-0.2, -0.15) is 0 Å². The summed E-state index contributed by atoms with van der Waals surface area (Å²) in [6.45, 7) is 8.94. The van der Waals surface area contributed by atoms with E-state index in [0.29, 0.717) is 4.90 Å². The van der Waals surface area contributed by atoms with Crippen LogP contribution in [0.25, 0.3) is 0 Å². The Kier molecular flexibility index (Phi) is 7.35.